The van der Waals surface area contributed by atoms with Gasteiger partial charge in [-0.1, -0.05) is 133 Å². The molecular formula is C50H30N2O2. The molecule has 11 rings (SSSR count). The predicted molar refractivity (Wildman–Crippen MR) is 221 cm³/mol. The number of aromatic nitrogens is 2. The average Bonchev–Trinajstić information content (AvgIpc) is 3.81. The fourth-order valence-electron chi connectivity index (χ4n) is 7.85. The monoisotopic (exact) mass is 690 g/mol. The van der Waals surface area contributed by atoms with Gasteiger partial charge in [0.1, 0.15) is 22.3 Å². The summed E-state index contributed by atoms with van der Waals surface area (Å²) < 4.78 is 12.7. The summed E-state index contributed by atoms with van der Waals surface area (Å²) >= 11 is 0. The molecule has 0 N–H and O–H groups in total. The van der Waals surface area contributed by atoms with E-state index >= 15 is 0 Å². The van der Waals surface area contributed by atoms with E-state index in [4.69, 9.17) is 18.8 Å². The van der Waals surface area contributed by atoms with Crippen LogP contribution in [0.3, 0.4) is 0 Å². The Morgan fingerprint density at radius 3 is 1.74 bits per heavy atom. The highest BCUT2D eigenvalue weighted by molar-refractivity contribution is 6.16. The molecule has 0 unspecified atom stereocenters. The number of furan rings is 2. The summed E-state index contributed by atoms with van der Waals surface area (Å²) in [5.74, 6) is 0.632. The number of para-hydroxylation sites is 2. The molecule has 4 nitrogen and oxygen atoms in total. The molecule has 0 spiro atoms. The van der Waals surface area contributed by atoms with Gasteiger partial charge >= 0.3 is 0 Å². The standard InChI is InChI=1S/C50H30N2O2/c1-2-10-31(11-3-1)33-18-21-34(22-19-33)42-30-43(37-23-20-32-12-4-5-13-35(32)28-37)52-50(51-42)49-38(25-27-47-48(49)40-15-7-9-17-45(40)54-47)36-24-26-46-41(29-36)39-14-6-8-16-44(39)53-46/h1-30H. The van der Waals surface area contributed by atoms with Crippen molar-refractivity contribution < 1.29 is 8.83 Å². The molecule has 0 atom stereocenters. The summed E-state index contributed by atoms with van der Waals surface area (Å²) in [4.78, 5) is 10.8. The number of nitrogens with zero attached hydrogens (tertiary/aromatic N) is 2. The van der Waals surface area contributed by atoms with Gasteiger partial charge in [0, 0.05) is 38.2 Å². The summed E-state index contributed by atoms with van der Waals surface area (Å²) in [5.41, 5.74) is 12.4. The normalized spacial score (nSPS) is 11.7. The Balaban J connectivity index is 1.19. The Bertz CT molecular complexity index is 3210. The average molecular weight is 691 g/mol. The van der Waals surface area contributed by atoms with Crippen LogP contribution in [0.25, 0.3) is 111 Å². The van der Waals surface area contributed by atoms with Crippen molar-refractivity contribution in [2.75, 3.05) is 0 Å². The summed E-state index contributed by atoms with van der Waals surface area (Å²) in [7, 11) is 0. The maximum absolute atomic E-state index is 6.48. The molecule has 0 saturated heterocycles. The van der Waals surface area contributed by atoms with E-state index in [1.54, 1.807) is 0 Å². The van der Waals surface area contributed by atoms with Crippen LogP contribution < -0.4 is 0 Å². The van der Waals surface area contributed by atoms with Crippen molar-refractivity contribution >= 4 is 54.6 Å². The first kappa shape index (κ1) is 30.3. The van der Waals surface area contributed by atoms with Crippen molar-refractivity contribution in [2.24, 2.45) is 0 Å². The van der Waals surface area contributed by atoms with Crippen LogP contribution in [0.15, 0.2) is 191 Å². The Kier molecular flexibility index (Phi) is 6.82. The van der Waals surface area contributed by atoms with Gasteiger partial charge in [-0.05, 0) is 81.6 Å². The molecule has 0 fully saturated rings. The number of rotatable bonds is 5. The number of fused-ring (bicyclic) bond motifs is 7. The Morgan fingerprint density at radius 1 is 0.333 bits per heavy atom. The van der Waals surface area contributed by atoms with Crippen molar-refractivity contribution in [3.63, 3.8) is 0 Å². The maximum Gasteiger partial charge on any atom is 0.161 e. The summed E-state index contributed by atoms with van der Waals surface area (Å²) in [5, 5.41) is 6.51. The van der Waals surface area contributed by atoms with E-state index < -0.39 is 0 Å². The fraction of sp³-hybridized carbons (Fsp3) is 0. The van der Waals surface area contributed by atoms with E-state index in [2.05, 4.69) is 152 Å². The van der Waals surface area contributed by atoms with E-state index in [9.17, 15) is 0 Å². The van der Waals surface area contributed by atoms with Crippen LogP contribution in [-0.4, -0.2) is 9.97 Å². The highest BCUT2D eigenvalue weighted by atomic mass is 16.3. The lowest BCUT2D eigenvalue weighted by molar-refractivity contribution is 0.668. The number of hydrogen-bond acceptors (Lipinski definition) is 4. The lowest BCUT2D eigenvalue weighted by Crippen LogP contribution is -1.98. The van der Waals surface area contributed by atoms with Crippen molar-refractivity contribution in [1.29, 1.82) is 0 Å². The Hall–Kier alpha value is -7.30. The van der Waals surface area contributed by atoms with E-state index in [1.807, 2.05) is 30.3 Å². The topological polar surface area (TPSA) is 52.1 Å². The third-order valence-corrected chi connectivity index (χ3v) is 10.5. The van der Waals surface area contributed by atoms with Crippen LogP contribution in [0.1, 0.15) is 0 Å². The van der Waals surface area contributed by atoms with E-state index in [-0.39, 0.29) is 0 Å². The predicted octanol–water partition coefficient (Wildman–Crippen LogP) is 13.8. The molecule has 0 saturated carbocycles. The van der Waals surface area contributed by atoms with Crippen molar-refractivity contribution in [2.45, 2.75) is 0 Å². The molecule has 0 bridgehead atoms. The zero-order valence-electron chi connectivity index (χ0n) is 29.0. The Labute approximate surface area is 310 Å². The van der Waals surface area contributed by atoms with Crippen LogP contribution in [0.4, 0.5) is 0 Å². The van der Waals surface area contributed by atoms with Crippen molar-refractivity contribution in [3.8, 4) is 56.2 Å². The first-order valence-electron chi connectivity index (χ1n) is 18.1. The van der Waals surface area contributed by atoms with Gasteiger partial charge in [-0.15, -0.1) is 0 Å². The van der Waals surface area contributed by atoms with Crippen molar-refractivity contribution in [1.82, 2.24) is 9.97 Å². The lowest BCUT2D eigenvalue weighted by atomic mass is 9.93. The molecule has 252 valence electrons. The minimum Gasteiger partial charge on any atom is -0.456 e. The van der Waals surface area contributed by atoms with Gasteiger partial charge in [0.15, 0.2) is 5.82 Å². The summed E-state index contributed by atoms with van der Waals surface area (Å²) in [6.07, 6.45) is 0. The van der Waals surface area contributed by atoms with Gasteiger partial charge in [-0.3, -0.25) is 0 Å². The second kappa shape index (κ2) is 12.1. The molecule has 0 aliphatic rings. The minimum absolute atomic E-state index is 0.632. The van der Waals surface area contributed by atoms with Gasteiger partial charge in [0.2, 0.25) is 0 Å². The molecule has 0 amide bonds. The Morgan fingerprint density at radius 2 is 0.907 bits per heavy atom. The zero-order chi connectivity index (χ0) is 35.6. The smallest absolute Gasteiger partial charge is 0.161 e. The lowest BCUT2D eigenvalue weighted by Gasteiger charge is -2.15. The van der Waals surface area contributed by atoms with Crippen molar-refractivity contribution in [3.05, 3.63) is 182 Å². The number of benzene rings is 8. The highest BCUT2D eigenvalue weighted by Gasteiger charge is 2.22. The molecule has 54 heavy (non-hydrogen) atoms. The third kappa shape index (κ3) is 5.00. The van der Waals surface area contributed by atoms with Gasteiger partial charge in [-0.25, -0.2) is 9.97 Å². The van der Waals surface area contributed by atoms with E-state index in [0.717, 1.165) is 94.0 Å². The van der Waals surface area contributed by atoms with Gasteiger partial charge in [-0.2, -0.15) is 0 Å². The molecule has 11 aromatic rings. The second-order valence-corrected chi connectivity index (χ2v) is 13.7. The van der Waals surface area contributed by atoms with Crippen LogP contribution in [0.5, 0.6) is 0 Å². The van der Waals surface area contributed by atoms with Crippen LogP contribution in [-0.2, 0) is 0 Å². The first-order chi connectivity index (χ1) is 26.7. The van der Waals surface area contributed by atoms with Gasteiger partial charge < -0.3 is 8.83 Å². The summed E-state index contributed by atoms with van der Waals surface area (Å²) in [6, 6.07) is 63.3. The molecule has 3 aromatic heterocycles. The molecule has 0 radical (unpaired) electrons. The van der Waals surface area contributed by atoms with E-state index in [1.165, 1.54) is 10.9 Å². The first-order valence-corrected chi connectivity index (χ1v) is 18.1. The summed E-state index contributed by atoms with van der Waals surface area (Å²) in [6.45, 7) is 0. The molecule has 8 aromatic carbocycles. The zero-order valence-corrected chi connectivity index (χ0v) is 29.0. The quantitative estimate of drug-likeness (QED) is 0.180. The minimum atomic E-state index is 0.632. The largest absolute Gasteiger partial charge is 0.456 e. The second-order valence-electron chi connectivity index (χ2n) is 13.7. The number of hydrogen-bond donors (Lipinski definition) is 0. The fourth-order valence-corrected chi connectivity index (χ4v) is 7.85. The van der Waals surface area contributed by atoms with Crippen LogP contribution in [0.2, 0.25) is 0 Å². The van der Waals surface area contributed by atoms with Gasteiger partial charge in [0.25, 0.3) is 0 Å². The SMILES string of the molecule is c1ccc(-c2ccc(-c3cc(-c4ccc5ccccc5c4)nc(-c4c(-c5ccc6oc7ccccc7c6c5)ccc5oc6ccccc6c45)n3)cc2)cc1. The molecule has 3 heterocycles. The maximum atomic E-state index is 6.48. The molecular weight excluding hydrogens is 661 g/mol. The molecule has 0 aliphatic heterocycles. The van der Waals surface area contributed by atoms with E-state index in [0.29, 0.717) is 5.82 Å². The third-order valence-electron chi connectivity index (χ3n) is 10.5. The highest BCUT2D eigenvalue weighted by Crippen LogP contribution is 2.44. The van der Waals surface area contributed by atoms with Crippen LogP contribution >= 0.6 is 0 Å². The molecule has 0 aliphatic carbocycles. The van der Waals surface area contributed by atoms with Gasteiger partial charge in [0.05, 0.1) is 11.4 Å². The van der Waals surface area contributed by atoms with Crippen LogP contribution in [0, 0.1) is 0 Å². The molecule has 4 heteroatoms.